The lowest BCUT2D eigenvalue weighted by Crippen LogP contribution is -2.34. The highest BCUT2D eigenvalue weighted by Crippen LogP contribution is 2.26. The summed E-state index contributed by atoms with van der Waals surface area (Å²) in [6.07, 6.45) is 2.64. The van der Waals surface area contributed by atoms with Gasteiger partial charge in [0.1, 0.15) is 5.69 Å². The Bertz CT molecular complexity index is 1250. The van der Waals surface area contributed by atoms with Crippen molar-refractivity contribution in [2.45, 2.75) is 12.5 Å². The minimum absolute atomic E-state index is 0.0623. The van der Waals surface area contributed by atoms with Crippen LogP contribution in [0.4, 0.5) is 5.82 Å². The van der Waals surface area contributed by atoms with E-state index in [1.54, 1.807) is 6.20 Å². The molecule has 8 heteroatoms. The van der Waals surface area contributed by atoms with Gasteiger partial charge in [-0.2, -0.15) is 0 Å². The number of nitrogens with one attached hydrogen (secondary N) is 1. The number of likely N-dealkylation sites (N-methyl/N-ethyl adjacent to an activating group) is 1. The number of nitrogens with zero attached hydrogens (tertiary/aromatic N) is 5. The first kappa shape index (κ1) is 20.1. The van der Waals surface area contributed by atoms with Crippen LogP contribution < -0.4 is 5.73 Å². The van der Waals surface area contributed by atoms with Gasteiger partial charge in [0.25, 0.3) is 5.91 Å². The van der Waals surface area contributed by atoms with Crippen molar-refractivity contribution in [2.75, 3.05) is 32.9 Å². The van der Waals surface area contributed by atoms with Crippen LogP contribution in [0.25, 0.3) is 33.8 Å². The van der Waals surface area contributed by atoms with Gasteiger partial charge in [0, 0.05) is 30.3 Å². The van der Waals surface area contributed by atoms with Crippen LogP contribution in [-0.4, -0.2) is 68.9 Å². The lowest BCUT2D eigenvalue weighted by Gasteiger charge is -2.20. The molecule has 8 nitrogen and oxygen atoms in total. The largest absolute Gasteiger partial charge is 0.382 e. The second-order valence-corrected chi connectivity index (χ2v) is 8.33. The Hall–Kier alpha value is -3.78. The third-order valence-electron chi connectivity index (χ3n) is 6.02. The normalized spacial score (nSPS) is 16.2. The van der Waals surface area contributed by atoms with Crippen LogP contribution in [0.1, 0.15) is 16.8 Å². The van der Waals surface area contributed by atoms with Crippen molar-refractivity contribution >= 4 is 22.8 Å². The molecular weight excluding hydrogens is 402 g/mol. The third kappa shape index (κ3) is 3.69. The Kier molecular flexibility index (Phi) is 5.07. The number of para-hydroxylation sites is 2. The molecule has 4 aromatic rings. The average Bonchev–Trinajstić information content (AvgIpc) is 3.47. The quantitative estimate of drug-likeness (QED) is 0.519. The van der Waals surface area contributed by atoms with E-state index in [0.717, 1.165) is 36.1 Å². The molecule has 0 aliphatic carbocycles. The Morgan fingerprint density at radius 2 is 1.91 bits per heavy atom. The lowest BCUT2D eigenvalue weighted by molar-refractivity contribution is 0.0783. The molecule has 1 amide bonds. The monoisotopic (exact) mass is 427 g/mol. The molecule has 1 saturated heterocycles. The minimum atomic E-state index is 0.0623. The van der Waals surface area contributed by atoms with E-state index in [0.29, 0.717) is 34.6 Å². The van der Waals surface area contributed by atoms with Gasteiger partial charge < -0.3 is 20.5 Å². The molecular formula is C24H25N7O. The van der Waals surface area contributed by atoms with Crippen LogP contribution in [0.3, 0.4) is 0 Å². The molecule has 1 aliphatic rings. The van der Waals surface area contributed by atoms with E-state index >= 15 is 0 Å². The van der Waals surface area contributed by atoms with Crippen molar-refractivity contribution < 1.29 is 4.79 Å². The molecule has 1 fully saturated rings. The van der Waals surface area contributed by atoms with Gasteiger partial charge in [0.2, 0.25) is 0 Å². The molecule has 0 bridgehead atoms. The molecule has 1 atom stereocenters. The summed E-state index contributed by atoms with van der Waals surface area (Å²) in [6, 6.07) is 15.7. The van der Waals surface area contributed by atoms with E-state index in [9.17, 15) is 4.79 Å². The molecule has 0 radical (unpaired) electrons. The molecule has 32 heavy (non-hydrogen) atoms. The molecule has 0 unspecified atom stereocenters. The molecule has 1 aliphatic heterocycles. The fraction of sp³-hybridized carbons (Fsp3) is 0.250. The lowest BCUT2D eigenvalue weighted by atomic mass is 10.1. The summed E-state index contributed by atoms with van der Waals surface area (Å²) in [5, 5.41) is 0. The summed E-state index contributed by atoms with van der Waals surface area (Å²) in [7, 11) is 4.11. The first-order chi connectivity index (χ1) is 15.5. The Balaban J connectivity index is 1.40. The van der Waals surface area contributed by atoms with Crippen LogP contribution in [0, 0.1) is 0 Å². The molecule has 2 aromatic heterocycles. The summed E-state index contributed by atoms with van der Waals surface area (Å²) in [5.74, 6) is 0.950. The predicted octanol–water partition coefficient (Wildman–Crippen LogP) is 3.05. The predicted molar refractivity (Wildman–Crippen MR) is 125 cm³/mol. The number of hydrogen-bond acceptors (Lipinski definition) is 6. The number of carbonyl (C=O) groups is 1. The van der Waals surface area contributed by atoms with Crippen molar-refractivity contribution in [1.29, 1.82) is 0 Å². The number of nitrogen functional groups attached to an aromatic ring is 1. The summed E-state index contributed by atoms with van der Waals surface area (Å²) < 4.78 is 0. The van der Waals surface area contributed by atoms with Crippen molar-refractivity contribution in [2.24, 2.45) is 0 Å². The SMILES string of the molecule is CN(C)[C@H]1CCN(C(=O)c2ccc(-c3cnc(N)c(-c4nc5ccccc5[nH]4)n3)cc2)C1. The topological polar surface area (TPSA) is 104 Å². The van der Waals surface area contributed by atoms with Crippen molar-refractivity contribution in [3.05, 3.63) is 60.3 Å². The summed E-state index contributed by atoms with van der Waals surface area (Å²) in [4.78, 5) is 33.8. The highest BCUT2D eigenvalue weighted by molar-refractivity contribution is 5.95. The molecule has 0 saturated carbocycles. The van der Waals surface area contributed by atoms with Gasteiger partial charge in [-0.15, -0.1) is 0 Å². The number of carbonyl (C=O) groups excluding carboxylic acids is 1. The number of nitrogens with two attached hydrogens (primary N) is 1. The van der Waals surface area contributed by atoms with Crippen LogP contribution >= 0.6 is 0 Å². The number of aromatic nitrogens is 4. The van der Waals surface area contributed by atoms with Crippen LogP contribution in [-0.2, 0) is 0 Å². The molecule has 162 valence electrons. The van der Waals surface area contributed by atoms with Crippen molar-refractivity contribution in [1.82, 2.24) is 29.7 Å². The fourth-order valence-corrected chi connectivity index (χ4v) is 4.09. The van der Waals surface area contributed by atoms with Gasteiger partial charge in [-0.3, -0.25) is 4.79 Å². The number of benzene rings is 2. The number of fused-ring (bicyclic) bond motifs is 1. The van der Waals surface area contributed by atoms with E-state index in [1.807, 2.05) is 53.4 Å². The Morgan fingerprint density at radius 3 is 2.62 bits per heavy atom. The number of rotatable bonds is 4. The van der Waals surface area contributed by atoms with E-state index in [-0.39, 0.29) is 5.91 Å². The van der Waals surface area contributed by atoms with Gasteiger partial charge in [-0.1, -0.05) is 24.3 Å². The van der Waals surface area contributed by atoms with Gasteiger partial charge in [0.05, 0.1) is 22.9 Å². The first-order valence-electron chi connectivity index (χ1n) is 10.6. The standard InChI is InChI=1S/C24H25N7O/c1-30(2)17-11-12-31(14-17)24(32)16-9-7-15(8-10-16)20-13-26-22(25)21(27-20)23-28-18-5-3-4-6-19(18)29-23/h3-10,13,17H,11-12,14H2,1-2H3,(H2,25,26)(H,28,29)/t17-/m0/s1. The maximum Gasteiger partial charge on any atom is 0.253 e. The van der Waals surface area contributed by atoms with E-state index < -0.39 is 0 Å². The zero-order valence-corrected chi connectivity index (χ0v) is 18.1. The second kappa shape index (κ2) is 8.05. The van der Waals surface area contributed by atoms with Crippen LogP contribution in [0.2, 0.25) is 0 Å². The number of hydrogen-bond donors (Lipinski definition) is 2. The van der Waals surface area contributed by atoms with Crippen LogP contribution in [0.15, 0.2) is 54.7 Å². The minimum Gasteiger partial charge on any atom is -0.382 e. The van der Waals surface area contributed by atoms with Gasteiger partial charge in [0.15, 0.2) is 11.6 Å². The average molecular weight is 428 g/mol. The van der Waals surface area contributed by atoms with Crippen molar-refractivity contribution in [3.8, 4) is 22.8 Å². The number of likely N-dealkylation sites (tertiary alicyclic amines) is 1. The third-order valence-corrected chi connectivity index (χ3v) is 6.02. The number of imidazole rings is 1. The first-order valence-corrected chi connectivity index (χ1v) is 10.6. The fourth-order valence-electron chi connectivity index (χ4n) is 4.09. The Morgan fingerprint density at radius 1 is 1.12 bits per heavy atom. The van der Waals surface area contributed by atoms with E-state index in [1.165, 1.54) is 0 Å². The molecule has 0 spiro atoms. The van der Waals surface area contributed by atoms with Gasteiger partial charge in [-0.25, -0.2) is 15.0 Å². The maximum atomic E-state index is 12.9. The zero-order chi connectivity index (χ0) is 22.2. The molecule has 3 N–H and O–H groups in total. The Labute approximate surface area is 186 Å². The highest BCUT2D eigenvalue weighted by atomic mass is 16.2. The smallest absolute Gasteiger partial charge is 0.253 e. The number of H-pyrrole nitrogens is 1. The second-order valence-electron chi connectivity index (χ2n) is 8.33. The summed E-state index contributed by atoms with van der Waals surface area (Å²) in [6.45, 7) is 1.55. The molecule has 3 heterocycles. The van der Waals surface area contributed by atoms with Crippen LogP contribution in [0.5, 0.6) is 0 Å². The van der Waals surface area contributed by atoms with Gasteiger partial charge in [-0.05, 0) is 44.8 Å². The number of anilines is 1. The van der Waals surface area contributed by atoms with E-state index in [4.69, 9.17) is 10.7 Å². The molecule has 5 rings (SSSR count). The van der Waals surface area contributed by atoms with E-state index in [2.05, 4.69) is 33.9 Å². The number of amides is 1. The summed E-state index contributed by atoms with van der Waals surface area (Å²) in [5.41, 5.74) is 10.6. The van der Waals surface area contributed by atoms with Gasteiger partial charge >= 0.3 is 0 Å². The number of aromatic amines is 1. The highest BCUT2D eigenvalue weighted by Gasteiger charge is 2.28. The molecule has 2 aromatic carbocycles. The maximum absolute atomic E-state index is 12.9. The van der Waals surface area contributed by atoms with Crippen molar-refractivity contribution in [3.63, 3.8) is 0 Å². The zero-order valence-electron chi connectivity index (χ0n) is 18.1. The summed E-state index contributed by atoms with van der Waals surface area (Å²) >= 11 is 0.